The normalized spacial score (nSPS) is 19.8. The summed E-state index contributed by atoms with van der Waals surface area (Å²) in [6.07, 6.45) is -3.12. The third-order valence-electron chi connectivity index (χ3n) is 17.1. The quantitative estimate of drug-likeness (QED) is 0.0128. The van der Waals surface area contributed by atoms with Crippen molar-refractivity contribution in [2.45, 2.75) is 130 Å². The Kier molecular flexibility index (Phi) is 27.6. The lowest BCUT2D eigenvalue weighted by Crippen LogP contribution is -2.61. The number of nitrogens with zero attached hydrogens (tertiary/aromatic N) is 1. The van der Waals surface area contributed by atoms with E-state index in [-0.39, 0.29) is 110 Å². The summed E-state index contributed by atoms with van der Waals surface area (Å²) in [6, 6.07) is 11.0. The Morgan fingerprint density at radius 1 is 0.710 bits per heavy atom. The van der Waals surface area contributed by atoms with Crippen molar-refractivity contribution in [3.8, 4) is 28.2 Å². The second-order valence-corrected chi connectivity index (χ2v) is 30.8. The number of carbonyl (C=O) groups is 12. The fourth-order valence-electron chi connectivity index (χ4n) is 12.1. The standard InChI is InChI=1S/C68H78N12O23S4/c1-33(2)25-45-61(88)77-48(29-52(71)83)64(91)79-49(31-104-105-32-51(82)66(93)78-47(27-35-13-16-37(81)17-14-35)63(90)76-46(62(89)75-45)26-34-9-4-3-5-10-34)67(94)80-24-8-12-50(80)65(92)74-44(60(87)73-30-53(84)85)11-6-7-23-72-59(86)36-15-18-38(41(28-36)68(95)96)54-39-19-21-42(69)57(106(97,98)99)55(39)103-56-40(54)20-22-43(70)58(56)107(100,101)102/h3-5,9-10,13-22,28,33,44-51,69,81-82H,6-8,11-12,23-27,29-32,70H2,1-2H3,(H2,71,83)(H,72,86)(H,73,87)(H,74,92)(H,75,89)(H,76,90)(H,77,88)(H,78,93)(H,79,91)(H,84,85)(H,95,96)(H,97,98,99)(H,100,101,102)/t44-,45-,46-,47-,48-,49-,50-,51?/m0/s1. The molecule has 2 fully saturated rings. The number of nitrogen functional groups attached to an aromatic ring is 1. The van der Waals surface area contributed by atoms with Crippen LogP contribution in [0.25, 0.3) is 33.4 Å². The monoisotopic (exact) mass is 1560 g/mol. The maximum atomic E-state index is 14.9. The van der Waals surface area contributed by atoms with Gasteiger partial charge in [0, 0.05) is 59.5 Å². The summed E-state index contributed by atoms with van der Waals surface area (Å²) in [6.45, 7) is 2.26. The van der Waals surface area contributed by atoms with Gasteiger partial charge in [-0.05, 0) is 110 Å². The number of aliphatic hydroxyl groups is 1. The summed E-state index contributed by atoms with van der Waals surface area (Å²) < 4.78 is 76.8. The van der Waals surface area contributed by atoms with Gasteiger partial charge in [-0.2, -0.15) is 16.8 Å². The number of carbonyl (C=O) groups excluding carboxylic acids is 10. The van der Waals surface area contributed by atoms with E-state index in [0.717, 1.165) is 62.9 Å². The summed E-state index contributed by atoms with van der Waals surface area (Å²) in [4.78, 5) is 165. The number of aliphatic hydroxyl groups excluding tert-OH is 1. The Hall–Kier alpha value is -10.7. The number of hydrogen-bond donors (Lipinski definition) is 17. The highest BCUT2D eigenvalue weighted by Gasteiger charge is 2.42. The first kappa shape index (κ1) is 82.0. The van der Waals surface area contributed by atoms with Gasteiger partial charge in [0.25, 0.3) is 26.1 Å². The number of hydrogen-bond acceptors (Lipinski definition) is 23. The number of carboxylic acids is 2. The summed E-state index contributed by atoms with van der Waals surface area (Å²) in [7, 11) is -8.92. The molecule has 107 heavy (non-hydrogen) atoms. The molecule has 3 aliphatic heterocycles. The van der Waals surface area contributed by atoms with Crippen LogP contribution in [0.3, 0.4) is 0 Å². The van der Waals surface area contributed by atoms with Gasteiger partial charge in [0.05, 0.1) is 23.0 Å². The number of nitrogens with one attached hydrogen (secondary N) is 9. The van der Waals surface area contributed by atoms with E-state index in [4.69, 9.17) is 21.3 Å². The second-order valence-electron chi connectivity index (χ2n) is 25.5. The number of amides is 10. The maximum Gasteiger partial charge on any atom is 0.336 e. The Balaban J connectivity index is 1.00. The Morgan fingerprint density at radius 3 is 1.93 bits per heavy atom. The largest absolute Gasteiger partial charge is 0.508 e. The van der Waals surface area contributed by atoms with Gasteiger partial charge in [-0.25, -0.2) is 4.79 Å². The molecule has 19 N–H and O–H groups in total. The summed E-state index contributed by atoms with van der Waals surface area (Å²) in [5.41, 5.74) is 9.43. The van der Waals surface area contributed by atoms with Crippen LogP contribution < -0.4 is 59.4 Å². The minimum absolute atomic E-state index is 0.0106. The van der Waals surface area contributed by atoms with Crippen molar-refractivity contribution in [3.63, 3.8) is 0 Å². The number of primary amides is 1. The van der Waals surface area contributed by atoms with Crippen molar-refractivity contribution in [3.05, 3.63) is 125 Å². The molecular weight excluding hydrogens is 1480 g/mol. The van der Waals surface area contributed by atoms with E-state index < -0.39 is 196 Å². The fourth-order valence-corrected chi connectivity index (χ4v) is 15.8. The van der Waals surface area contributed by atoms with Crippen LogP contribution in [0.15, 0.2) is 111 Å². The zero-order valence-electron chi connectivity index (χ0n) is 57.2. The van der Waals surface area contributed by atoms with Crippen molar-refractivity contribution in [2.24, 2.45) is 11.7 Å². The van der Waals surface area contributed by atoms with Crippen LogP contribution in [0, 0.1) is 11.3 Å². The minimum atomic E-state index is -5.34. The lowest BCUT2D eigenvalue weighted by Gasteiger charge is -2.31. The van der Waals surface area contributed by atoms with E-state index in [9.17, 15) is 104 Å². The maximum absolute atomic E-state index is 14.9. The molecule has 39 heteroatoms. The predicted molar refractivity (Wildman–Crippen MR) is 384 cm³/mol. The molecule has 8 rings (SSSR count). The number of anilines is 1. The number of aliphatic carboxylic acids is 1. The third kappa shape index (κ3) is 21.5. The van der Waals surface area contributed by atoms with E-state index in [1.54, 1.807) is 44.2 Å². The molecule has 0 radical (unpaired) electrons. The van der Waals surface area contributed by atoms with Gasteiger partial charge in [0.2, 0.25) is 53.2 Å². The highest BCUT2D eigenvalue weighted by molar-refractivity contribution is 8.76. The molecule has 10 amide bonds. The highest BCUT2D eigenvalue weighted by Crippen LogP contribution is 2.46. The van der Waals surface area contributed by atoms with Gasteiger partial charge >= 0.3 is 11.9 Å². The molecule has 3 heterocycles. The van der Waals surface area contributed by atoms with Gasteiger partial charge < -0.3 is 83.7 Å². The van der Waals surface area contributed by atoms with E-state index in [2.05, 4.69) is 42.5 Å². The summed E-state index contributed by atoms with van der Waals surface area (Å²) in [5.74, 6) is -14.8. The molecule has 0 saturated carbocycles. The van der Waals surface area contributed by atoms with Gasteiger partial charge in [0.15, 0.2) is 21.1 Å². The minimum Gasteiger partial charge on any atom is -0.508 e. The number of benzene rings is 5. The summed E-state index contributed by atoms with van der Waals surface area (Å²) >= 11 is 0. The SMILES string of the molecule is CC(C)C[C@@H]1NC(=O)[C@H](Cc2ccccc2)NC(=O)[C@H](Cc2ccc(O)cc2)NC(=O)C(O)CSSC[C@@H](C(=O)N2CCC[C@H]2C(=O)N[C@@H](CCCCNC(=O)c2ccc(-c3c4ccc(=N)c(S(=O)(=O)O)c-4oc4c(S(=O)(=O)O)c(N)ccc34)c(C(=O)O)c2)C(=O)NCC(=O)O)NC(=O)[C@H](CC(N)=O)NC1=O. The zero-order chi connectivity index (χ0) is 78.4. The smallest absolute Gasteiger partial charge is 0.336 e. The van der Waals surface area contributed by atoms with Gasteiger partial charge in [-0.15, -0.1) is 0 Å². The van der Waals surface area contributed by atoms with Crippen LogP contribution >= 0.6 is 21.6 Å². The number of nitrogens with two attached hydrogens (primary N) is 2. The first-order valence-electron chi connectivity index (χ1n) is 33.1. The highest BCUT2D eigenvalue weighted by atomic mass is 33.1. The van der Waals surface area contributed by atoms with E-state index in [1.165, 1.54) is 30.3 Å². The molecule has 0 spiro atoms. The first-order valence-corrected chi connectivity index (χ1v) is 38.5. The predicted octanol–water partition coefficient (Wildman–Crippen LogP) is 0.327. The van der Waals surface area contributed by atoms with Crippen molar-refractivity contribution in [1.29, 1.82) is 5.41 Å². The molecule has 4 aromatic carbocycles. The number of phenols is 1. The van der Waals surface area contributed by atoms with Crippen LogP contribution in [0.5, 0.6) is 5.75 Å². The lowest BCUT2D eigenvalue weighted by atomic mass is 9.89. The van der Waals surface area contributed by atoms with Crippen molar-refractivity contribution in [2.75, 3.05) is 36.9 Å². The number of phenolic OH excluding ortho intramolecular Hbond substituents is 1. The fraction of sp³-hybridized carbons (Fsp3) is 0.368. The molecular formula is C68H78N12O23S4. The molecule has 8 atom stereocenters. The van der Waals surface area contributed by atoms with E-state index in [1.807, 2.05) is 0 Å². The molecule has 0 bridgehead atoms. The van der Waals surface area contributed by atoms with E-state index in [0.29, 0.717) is 11.1 Å². The average Bonchev–Trinajstić information content (AvgIpc) is 1.06. The molecule has 1 unspecified atom stereocenters. The van der Waals surface area contributed by atoms with Crippen molar-refractivity contribution in [1.82, 2.24) is 47.4 Å². The Bertz CT molecular complexity index is 4700. The first-order chi connectivity index (χ1) is 50.5. The molecule has 1 aliphatic carbocycles. The Morgan fingerprint density at radius 2 is 1.31 bits per heavy atom. The van der Waals surface area contributed by atoms with Crippen LogP contribution in [0.4, 0.5) is 5.69 Å². The average molecular weight is 1560 g/mol. The molecule has 0 aromatic heterocycles. The van der Waals surface area contributed by atoms with Gasteiger partial charge in [-0.1, -0.05) is 84.0 Å². The third-order valence-corrected chi connectivity index (χ3v) is 21.4. The molecule has 35 nitrogen and oxygen atoms in total. The number of unbranched alkanes of at least 4 members (excludes halogenated alkanes) is 1. The van der Waals surface area contributed by atoms with Crippen molar-refractivity contribution < 1.29 is 108 Å². The number of carboxylic acid groups (broad SMARTS) is 2. The number of fused-ring (bicyclic) bond motifs is 2. The van der Waals surface area contributed by atoms with Crippen molar-refractivity contribution >= 4 is 129 Å². The lowest BCUT2D eigenvalue weighted by molar-refractivity contribution is -0.142. The van der Waals surface area contributed by atoms with Crippen LogP contribution in [0.2, 0.25) is 0 Å². The zero-order valence-corrected chi connectivity index (χ0v) is 60.5. The number of aromatic hydroxyl groups is 1. The second kappa shape index (κ2) is 36.1. The van der Waals surface area contributed by atoms with Crippen LogP contribution in [-0.4, -0.2) is 202 Å². The molecule has 4 aromatic rings. The van der Waals surface area contributed by atoms with Gasteiger partial charge in [0.1, 0.15) is 60.7 Å². The number of likely N-dealkylation sites (tertiary alicyclic amines) is 1. The summed E-state index contributed by atoms with van der Waals surface area (Å²) in [5, 5.41) is 68.7. The molecule has 2 saturated heterocycles. The van der Waals surface area contributed by atoms with Gasteiger partial charge in [-0.3, -0.25) is 67.3 Å². The molecule has 572 valence electrons. The van der Waals surface area contributed by atoms with Crippen LogP contribution in [-0.2, 0) is 81.0 Å². The topological polar surface area (TPSA) is 583 Å². The van der Waals surface area contributed by atoms with E-state index >= 15 is 0 Å². The molecule has 4 aliphatic rings. The Labute approximate surface area is 618 Å². The van der Waals surface area contributed by atoms with Crippen LogP contribution in [0.1, 0.15) is 90.6 Å². The number of rotatable bonds is 24. The number of aromatic carboxylic acids is 1.